The quantitative estimate of drug-likeness (QED) is 0.868. The molecule has 0 aliphatic carbocycles. The summed E-state index contributed by atoms with van der Waals surface area (Å²) in [5.74, 6) is -0.0804. The maximum Gasteiger partial charge on any atom is 0.244 e. The summed E-state index contributed by atoms with van der Waals surface area (Å²) >= 11 is 0. The van der Waals surface area contributed by atoms with Gasteiger partial charge in [-0.2, -0.15) is 0 Å². The van der Waals surface area contributed by atoms with Gasteiger partial charge in [-0.25, -0.2) is 0 Å². The van der Waals surface area contributed by atoms with Gasteiger partial charge in [-0.15, -0.1) is 0 Å². The molecule has 0 radical (unpaired) electrons. The zero-order chi connectivity index (χ0) is 13.2. The number of hydrogen-bond donors (Lipinski definition) is 2. The van der Waals surface area contributed by atoms with Crippen molar-refractivity contribution in [2.24, 2.45) is 0 Å². The van der Waals surface area contributed by atoms with Crippen LogP contribution in [0.2, 0.25) is 0 Å². The number of fused-ring (bicyclic) bond motifs is 1. The lowest BCUT2D eigenvalue weighted by molar-refractivity contribution is -0.121. The Labute approximate surface area is 106 Å². The Bertz CT molecular complexity index is 573. The normalized spacial score (nSPS) is 11.5. The number of benzene rings is 1. The van der Waals surface area contributed by atoms with Crippen molar-refractivity contribution in [1.29, 1.82) is 0 Å². The van der Waals surface area contributed by atoms with Crippen molar-refractivity contribution in [2.75, 3.05) is 12.4 Å². The number of rotatable bonds is 3. The molecule has 2 N–H and O–H groups in total. The van der Waals surface area contributed by atoms with Gasteiger partial charge in [-0.1, -0.05) is 18.2 Å². The number of pyridine rings is 1. The predicted molar refractivity (Wildman–Crippen MR) is 73.5 cm³/mol. The van der Waals surface area contributed by atoms with E-state index in [1.165, 1.54) is 0 Å². The third kappa shape index (κ3) is 2.33. The zero-order valence-electron chi connectivity index (χ0n) is 10.8. The molecule has 4 heteroatoms. The lowest BCUT2D eigenvalue weighted by atomic mass is 10.0. The van der Waals surface area contributed by atoms with Crippen molar-refractivity contribution < 1.29 is 4.79 Å². The number of nitrogens with zero attached hydrogens (tertiary/aromatic N) is 1. The SMILES string of the molecule is CNC(C)(C)C(=O)Nc1cccc2cccnc12. The molecule has 4 nitrogen and oxygen atoms in total. The summed E-state index contributed by atoms with van der Waals surface area (Å²) in [6.07, 6.45) is 1.72. The van der Waals surface area contributed by atoms with Gasteiger partial charge in [0.1, 0.15) is 0 Å². The number of carbonyl (C=O) groups excluding carboxylic acids is 1. The molecule has 0 aliphatic heterocycles. The predicted octanol–water partition coefficient (Wildman–Crippen LogP) is 2.17. The highest BCUT2D eigenvalue weighted by atomic mass is 16.2. The zero-order valence-corrected chi connectivity index (χ0v) is 10.8. The van der Waals surface area contributed by atoms with Crippen LogP contribution in [0.4, 0.5) is 5.69 Å². The van der Waals surface area contributed by atoms with Crippen molar-refractivity contribution in [3.8, 4) is 0 Å². The first-order chi connectivity index (χ1) is 8.54. The molecule has 0 atom stereocenters. The number of para-hydroxylation sites is 1. The van der Waals surface area contributed by atoms with Crippen LogP contribution in [0.3, 0.4) is 0 Å². The molecule has 0 saturated carbocycles. The summed E-state index contributed by atoms with van der Waals surface area (Å²) < 4.78 is 0. The first-order valence-corrected chi connectivity index (χ1v) is 5.89. The third-order valence-electron chi connectivity index (χ3n) is 3.07. The molecule has 0 spiro atoms. The number of nitrogens with one attached hydrogen (secondary N) is 2. The van der Waals surface area contributed by atoms with Crippen LogP contribution in [0.5, 0.6) is 0 Å². The minimum absolute atomic E-state index is 0.0804. The molecule has 94 valence electrons. The third-order valence-corrected chi connectivity index (χ3v) is 3.07. The first kappa shape index (κ1) is 12.5. The molecule has 0 aliphatic rings. The molecular weight excluding hydrogens is 226 g/mol. The lowest BCUT2D eigenvalue weighted by Gasteiger charge is -2.23. The van der Waals surface area contributed by atoms with Crippen LogP contribution in [0.25, 0.3) is 10.9 Å². The Morgan fingerprint density at radius 2 is 1.94 bits per heavy atom. The maximum atomic E-state index is 12.1. The molecule has 0 fully saturated rings. The van der Waals surface area contributed by atoms with Crippen molar-refractivity contribution in [2.45, 2.75) is 19.4 Å². The maximum absolute atomic E-state index is 12.1. The van der Waals surface area contributed by atoms with E-state index in [2.05, 4.69) is 15.6 Å². The molecule has 1 amide bonds. The lowest BCUT2D eigenvalue weighted by Crippen LogP contribution is -2.47. The molecule has 1 aromatic carbocycles. The van der Waals surface area contributed by atoms with E-state index in [0.29, 0.717) is 0 Å². The Morgan fingerprint density at radius 3 is 2.67 bits per heavy atom. The topological polar surface area (TPSA) is 54.0 Å². The van der Waals surface area contributed by atoms with E-state index < -0.39 is 5.54 Å². The monoisotopic (exact) mass is 243 g/mol. The van der Waals surface area contributed by atoms with Crippen LogP contribution in [-0.2, 0) is 4.79 Å². The Hall–Kier alpha value is -1.94. The second kappa shape index (κ2) is 4.74. The van der Waals surface area contributed by atoms with Crippen LogP contribution < -0.4 is 10.6 Å². The Balaban J connectivity index is 2.36. The fourth-order valence-electron chi connectivity index (χ4n) is 1.60. The van der Waals surface area contributed by atoms with E-state index in [4.69, 9.17) is 0 Å². The van der Waals surface area contributed by atoms with Gasteiger partial charge in [0.05, 0.1) is 16.7 Å². The summed E-state index contributed by atoms with van der Waals surface area (Å²) in [6.45, 7) is 3.67. The first-order valence-electron chi connectivity index (χ1n) is 5.89. The van der Waals surface area contributed by atoms with E-state index in [-0.39, 0.29) is 5.91 Å². The van der Waals surface area contributed by atoms with E-state index in [0.717, 1.165) is 16.6 Å². The number of likely N-dealkylation sites (N-methyl/N-ethyl adjacent to an activating group) is 1. The fourth-order valence-corrected chi connectivity index (χ4v) is 1.60. The van der Waals surface area contributed by atoms with Crippen LogP contribution in [-0.4, -0.2) is 23.5 Å². The Kier molecular flexibility index (Phi) is 3.30. The standard InChI is InChI=1S/C14H17N3O/c1-14(2,15-3)13(18)17-11-8-4-6-10-7-5-9-16-12(10)11/h4-9,15H,1-3H3,(H,17,18). The van der Waals surface area contributed by atoms with Gasteiger partial charge >= 0.3 is 0 Å². The average Bonchev–Trinajstić information content (AvgIpc) is 2.39. The van der Waals surface area contributed by atoms with Crippen LogP contribution in [0, 0.1) is 0 Å². The van der Waals surface area contributed by atoms with Crippen LogP contribution in [0.1, 0.15) is 13.8 Å². The molecule has 0 saturated heterocycles. The minimum atomic E-state index is -0.614. The second-order valence-corrected chi connectivity index (χ2v) is 4.71. The number of carbonyl (C=O) groups is 1. The molecule has 2 aromatic rings. The second-order valence-electron chi connectivity index (χ2n) is 4.71. The van der Waals surface area contributed by atoms with E-state index >= 15 is 0 Å². The summed E-state index contributed by atoms with van der Waals surface area (Å²) in [7, 11) is 1.76. The summed E-state index contributed by atoms with van der Waals surface area (Å²) in [4.78, 5) is 16.4. The van der Waals surface area contributed by atoms with Crippen molar-refractivity contribution >= 4 is 22.5 Å². The van der Waals surface area contributed by atoms with Crippen LogP contribution in [0.15, 0.2) is 36.5 Å². The molecule has 0 unspecified atom stereocenters. The van der Waals surface area contributed by atoms with Gasteiger partial charge in [0.25, 0.3) is 0 Å². The highest BCUT2D eigenvalue weighted by molar-refractivity contribution is 6.03. The molecule has 1 heterocycles. The molecule has 0 bridgehead atoms. The van der Waals surface area contributed by atoms with E-state index in [1.54, 1.807) is 13.2 Å². The summed E-state index contributed by atoms with van der Waals surface area (Å²) in [6, 6.07) is 9.60. The fraction of sp³-hybridized carbons (Fsp3) is 0.286. The highest BCUT2D eigenvalue weighted by Gasteiger charge is 2.25. The van der Waals surface area contributed by atoms with Crippen molar-refractivity contribution in [3.63, 3.8) is 0 Å². The number of anilines is 1. The van der Waals surface area contributed by atoms with Gasteiger partial charge in [0.15, 0.2) is 0 Å². The number of hydrogen-bond acceptors (Lipinski definition) is 3. The molecule has 1 aromatic heterocycles. The van der Waals surface area contributed by atoms with Gasteiger partial charge < -0.3 is 10.6 Å². The van der Waals surface area contributed by atoms with Gasteiger partial charge in [-0.05, 0) is 33.0 Å². The van der Waals surface area contributed by atoms with Crippen molar-refractivity contribution in [1.82, 2.24) is 10.3 Å². The minimum Gasteiger partial charge on any atom is -0.323 e. The van der Waals surface area contributed by atoms with Crippen molar-refractivity contribution in [3.05, 3.63) is 36.5 Å². The van der Waals surface area contributed by atoms with Gasteiger partial charge in [0.2, 0.25) is 5.91 Å². The smallest absolute Gasteiger partial charge is 0.244 e. The highest BCUT2D eigenvalue weighted by Crippen LogP contribution is 2.21. The molecule has 2 rings (SSSR count). The summed E-state index contributed by atoms with van der Waals surface area (Å²) in [5.41, 5.74) is 0.929. The van der Waals surface area contributed by atoms with E-state index in [9.17, 15) is 4.79 Å². The molecular formula is C14H17N3O. The van der Waals surface area contributed by atoms with Gasteiger partial charge in [0, 0.05) is 11.6 Å². The van der Waals surface area contributed by atoms with Gasteiger partial charge in [-0.3, -0.25) is 9.78 Å². The number of aromatic nitrogens is 1. The molecule has 18 heavy (non-hydrogen) atoms. The average molecular weight is 243 g/mol. The number of amides is 1. The largest absolute Gasteiger partial charge is 0.323 e. The van der Waals surface area contributed by atoms with E-state index in [1.807, 2.05) is 44.2 Å². The van der Waals surface area contributed by atoms with Crippen LogP contribution >= 0.6 is 0 Å². The Morgan fingerprint density at radius 1 is 1.22 bits per heavy atom. The summed E-state index contributed by atoms with van der Waals surface area (Å²) in [5, 5.41) is 6.90.